The van der Waals surface area contributed by atoms with E-state index < -0.39 is 15.6 Å². The van der Waals surface area contributed by atoms with Crippen molar-refractivity contribution < 1.29 is 8.42 Å². The number of hydrogen-bond donors (Lipinski definition) is 3. The molecule has 1 aromatic rings. The van der Waals surface area contributed by atoms with Gasteiger partial charge in [0.1, 0.15) is 0 Å². The van der Waals surface area contributed by atoms with Crippen LogP contribution in [0.25, 0.3) is 0 Å². The molecule has 23 heavy (non-hydrogen) atoms. The lowest BCUT2D eigenvalue weighted by Crippen LogP contribution is -2.47. The summed E-state index contributed by atoms with van der Waals surface area (Å²) in [5.74, 6) is 0.669. The molecule has 0 aliphatic carbocycles. The highest BCUT2D eigenvalue weighted by Crippen LogP contribution is 2.08. The second-order valence-electron chi connectivity index (χ2n) is 5.99. The summed E-state index contributed by atoms with van der Waals surface area (Å²) < 4.78 is 25.3. The van der Waals surface area contributed by atoms with Gasteiger partial charge in [-0.1, -0.05) is 0 Å². The Kier molecular flexibility index (Phi) is 7.43. The number of nitrogens with zero attached hydrogens (tertiary/aromatic N) is 2. The van der Waals surface area contributed by atoms with E-state index in [-0.39, 0.29) is 0 Å². The van der Waals surface area contributed by atoms with E-state index in [1.165, 1.54) is 0 Å². The van der Waals surface area contributed by atoms with Crippen LogP contribution in [0.2, 0.25) is 0 Å². The number of aryl methyl sites for hydroxylation is 1. The van der Waals surface area contributed by atoms with Gasteiger partial charge in [-0.3, -0.25) is 4.99 Å². The van der Waals surface area contributed by atoms with Crippen molar-refractivity contribution in [2.75, 3.05) is 25.9 Å². The fourth-order valence-corrected chi connectivity index (χ4v) is 3.70. The van der Waals surface area contributed by atoms with Crippen LogP contribution >= 0.6 is 11.3 Å². The highest BCUT2D eigenvalue weighted by atomic mass is 32.2. The number of rotatable bonds is 8. The van der Waals surface area contributed by atoms with Crippen molar-refractivity contribution in [3.8, 4) is 0 Å². The third kappa shape index (κ3) is 8.87. The summed E-state index contributed by atoms with van der Waals surface area (Å²) >= 11 is 1.64. The topological polar surface area (TPSA) is 95.5 Å². The Morgan fingerprint density at radius 2 is 2.09 bits per heavy atom. The number of aliphatic imine (C=N–C) groups is 1. The van der Waals surface area contributed by atoms with Crippen molar-refractivity contribution in [1.82, 2.24) is 20.3 Å². The molecule has 1 rings (SSSR count). The molecule has 1 heterocycles. The third-order valence-corrected chi connectivity index (χ3v) is 4.52. The average Bonchev–Trinajstić information content (AvgIpc) is 2.79. The maximum atomic E-state index is 11.4. The molecule has 0 aliphatic rings. The molecule has 0 aromatic carbocycles. The van der Waals surface area contributed by atoms with E-state index in [0.717, 1.165) is 36.5 Å². The van der Waals surface area contributed by atoms with Crippen LogP contribution in [0.15, 0.2) is 10.4 Å². The molecule has 132 valence electrons. The summed E-state index contributed by atoms with van der Waals surface area (Å²) in [7, 11) is -3.26. The number of guanidine groups is 1. The Morgan fingerprint density at radius 3 is 2.61 bits per heavy atom. The Bertz CT molecular complexity index is 623. The average molecular weight is 362 g/mol. The first-order valence-electron chi connectivity index (χ1n) is 7.53. The van der Waals surface area contributed by atoms with Crippen LogP contribution in [0.1, 0.15) is 31.5 Å². The smallest absolute Gasteiger partial charge is 0.209 e. The van der Waals surface area contributed by atoms with Gasteiger partial charge in [0.05, 0.1) is 23.5 Å². The molecule has 3 N–H and O–H groups in total. The molecular formula is C14H27N5O2S2. The summed E-state index contributed by atoms with van der Waals surface area (Å²) in [6.07, 6.45) is 1.97. The number of thiazole rings is 1. The first kappa shape index (κ1) is 19.9. The zero-order valence-electron chi connectivity index (χ0n) is 14.4. The van der Waals surface area contributed by atoms with Crippen LogP contribution in [0.3, 0.4) is 0 Å². The van der Waals surface area contributed by atoms with Crippen molar-refractivity contribution in [2.45, 2.75) is 39.7 Å². The van der Waals surface area contributed by atoms with Gasteiger partial charge >= 0.3 is 0 Å². The first-order chi connectivity index (χ1) is 10.6. The molecule has 9 heteroatoms. The van der Waals surface area contributed by atoms with Crippen LogP contribution in [-0.4, -0.2) is 50.8 Å². The monoisotopic (exact) mass is 361 g/mol. The molecule has 0 bridgehead atoms. The van der Waals surface area contributed by atoms with E-state index in [0.29, 0.717) is 12.5 Å². The quantitative estimate of drug-likeness (QED) is 0.472. The van der Waals surface area contributed by atoms with Gasteiger partial charge in [0.2, 0.25) is 10.0 Å². The van der Waals surface area contributed by atoms with E-state index in [2.05, 4.69) is 30.7 Å². The predicted octanol–water partition coefficient (Wildman–Crippen LogP) is 0.877. The van der Waals surface area contributed by atoms with Crippen LogP contribution < -0.4 is 15.4 Å². The normalized spacial score (nSPS) is 13.2. The highest BCUT2D eigenvalue weighted by Gasteiger charge is 2.21. The van der Waals surface area contributed by atoms with Crippen molar-refractivity contribution in [3.05, 3.63) is 16.1 Å². The second-order valence-corrected chi connectivity index (χ2v) is 8.80. The first-order valence-corrected chi connectivity index (χ1v) is 10.3. The van der Waals surface area contributed by atoms with Gasteiger partial charge in [-0.25, -0.2) is 18.1 Å². The minimum absolute atomic E-state index is 0.339. The zero-order valence-corrected chi connectivity index (χ0v) is 16.1. The Morgan fingerprint density at radius 1 is 1.39 bits per heavy atom. The maximum Gasteiger partial charge on any atom is 0.209 e. The standard InChI is InChI=1S/C14H27N5O2S2/c1-6-15-13(16-8-7-12-9-22-11(2)18-12)17-10-14(3,4)19-23(5,20)21/h9,19H,6-8,10H2,1-5H3,(H2,15,16,17). The van der Waals surface area contributed by atoms with E-state index >= 15 is 0 Å². The highest BCUT2D eigenvalue weighted by molar-refractivity contribution is 7.88. The molecule has 0 amide bonds. The SMILES string of the molecule is CCNC(=NCC(C)(C)NS(C)(=O)=O)NCCc1csc(C)n1. The van der Waals surface area contributed by atoms with Gasteiger partial charge in [0.25, 0.3) is 0 Å². The summed E-state index contributed by atoms with van der Waals surface area (Å²) in [5.41, 5.74) is 0.428. The van der Waals surface area contributed by atoms with Gasteiger partial charge in [-0.2, -0.15) is 0 Å². The lowest BCUT2D eigenvalue weighted by atomic mass is 10.1. The molecule has 0 saturated carbocycles. The molecule has 0 saturated heterocycles. The maximum absolute atomic E-state index is 11.4. The van der Waals surface area contributed by atoms with Crippen molar-refractivity contribution in [1.29, 1.82) is 0 Å². The van der Waals surface area contributed by atoms with E-state index in [1.54, 1.807) is 25.2 Å². The number of hydrogen-bond acceptors (Lipinski definition) is 5. The molecule has 0 radical (unpaired) electrons. The molecule has 1 aromatic heterocycles. The molecule has 7 nitrogen and oxygen atoms in total. The fraction of sp³-hybridized carbons (Fsp3) is 0.714. The lowest BCUT2D eigenvalue weighted by Gasteiger charge is -2.23. The summed E-state index contributed by atoms with van der Waals surface area (Å²) in [6.45, 7) is 9.38. The minimum atomic E-state index is -3.26. The van der Waals surface area contributed by atoms with E-state index in [4.69, 9.17) is 0 Å². The lowest BCUT2D eigenvalue weighted by molar-refractivity contribution is 0.464. The van der Waals surface area contributed by atoms with Gasteiger partial charge in [-0.05, 0) is 27.7 Å². The Labute approximate surface area is 143 Å². The van der Waals surface area contributed by atoms with E-state index in [9.17, 15) is 8.42 Å². The van der Waals surface area contributed by atoms with Gasteiger partial charge in [0, 0.05) is 30.4 Å². The minimum Gasteiger partial charge on any atom is -0.357 e. The van der Waals surface area contributed by atoms with Gasteiger partial charge in [0.15, 0.2) is 5.96 Å². The summed E-state index contributed by atoms with van der Waals surface area (Å²) in [6, 6.07) is 0. The molecule has 0 fully saturated rings. The van der Waals surface area contributed by atoms with Crippen LogP contribution in [-0.2, 0) is 16.4 Å². The largest absolute Gasteiger partial charge is 0.357 e. The van der Waals surface area contributed by atoms with Crippen molar-refractivity contribution in [3.63, 3.8) is 0 Å². The molecule has 0 aliphatic heterocycles. The fourth-order valence-electron chi connectivity index (χ4n) is 1.98. The van der Waals surface area contributed by atoms with Crippen LogP contribution in [0.5, 0.6) is 0 Å². The Hall–Kier alpha value is -1.19. The predicted molar refractivity (Wildman–Crippen MR) is 96.6 cm³/mol. The number of aromatic nitrogens is 1. The number of nitrogens with one attached hydrogen (secondary N) is 3. The van der Waals surface area contributed by atoms with Gasteiger partial charge in [-0.15, -0.1) is 11.3 Å². The molecule has 0 spiro atoms. The van der Waals surface area contributed by atoms with Crippen LogP contribution in [0.4, 0.5) is 0 Å². The van der Waals surface area contributed by atoms with E-state index in [1.807, 2.05) is 13.8 Å². The zero-order chi connectivity index (χ0) is 17.5. The second kappa shape index (κ2) is 8.60. The van der Waals surface area contributed by atoms with Gasteiger partial charge < -0.3 is 10.6 Å². The molecule has 0 atom stereocenters. The van der Waals surface area contributed by atoms with Crippen molar-refractivity contribution >= 4 is 27.3 Å². The summed E-state index contributed by atoms with van der Waals surface area (Å²) in [4.78, 5) is 8.88. The Balaban J connectivity index is 2.55. The third-order valence-electron chi connectivity index (χ3n) is 2.78. The van der Waals surface area contributed by atoms with Crippen molar-refractivity contribution in [2.24, 2.45) is 4.99 Å². The summed E-state index contributed by atoms with van der Waals surface area (Å²) in [5, 5.41) is 9.51. The molecule has 0 unspecified atom stereocenters. The molecular weight excluding hydrogens is 334 g/mol. The number of sulfonamides is 1. The van der Waals surface area contributed by atoms with Crippen LogP contribution in [0, 0.1) is 6.92 Å².